The lowest BCUT2D eigenvalue weighted by molar-refractivity contribution is 0.483. The molecule has 0 saturated heterocycles. The molecule has 1 aromatic carbocycles. The number of benzene rings is 1. The molecule has 1 atom stereocenters. The summed E-state index contributed by atoms with van der Waals surface area (Å²) in [5.41, 5.74) is 0.866. The van der Waals surface area contributed by atoms with Gasteiger partial charge in [0.2, 0.25) is 0 Å². The van der Waals surface area contributed by atoms with E-state index < -0.39 is 11.6 Å². The first kappa shape index (κ1) is 16.0. The highest BCUT2D eigenvalue weighted by Crippen LogP contribution is 2.22. The average Bonchev–Trinajstić information content (AvgIpc) is 2.47. The van der Waals surface area contributed by atoms with Crippen LogP contribution >= 0.6 is 15.9 Å². The molecule has 0 aliphatic heterocycles. The molecule has 0 saturated carbocycles. The fourth-order valence-corrected chi connectivity index (χ4v) is 2.36. The van der Waals surface area contributed by atoms with Crippen molar-refractivity contribution in [1.82, 2.24) is 10.3 Å². The van der Waals surface area contributed by atoms with Crippen molar-refractivity contribution in [2.45, 2.75) is 25.8 Å². The van der Waals surface area contributed by atoms with Crippen LogP contribution < -0.4 is 5.32 Å². The van der Waals surface area contributed by atoms with Gasteiger partial charge in [0.15, 0.2) is 0 Å². The molecule has 1 N–H and O–H groups in total. The van der Waals surface area contributed by atoms with Crippen LogP contribution in [0, 0.1) is 11.6 Å². The van der Waals surface area contributed by atoms with E-state index in [4.69, 9.17) is 0 Å². The molecule has 5 heteroatoms. The maximum atomic E-state index is 13.8. The molecule has 2 nitrogen and oxygen atoms in total. The predicted octanol–water partition coefficient (Wildman–Crippen LogP) is 4.41. The zero-order valence-electron chi connectivity index (χ0n) is 11.7. The fraction of sp³-hybridized carbons (Fsp3) is 0.312. The number of pyridine rings is 1. The maximum absolute atomic E-state index is 13.8. The maximum Gasteiger partial charge on any atom is 0.129 e. The summed E-state index contributed by atoms with van der Waals surface area (Å²) in [4.78, 5) is 4.33. The number of aromatic nitrogens is 1. The Morgan fingerprint density at radius 3 is 2.48 bits per heavy atom. The monoisotopic (exact) mass is 354 g/mol. The lowest BCUT2D eigenvalue weighted by atomic mass is 10.0. The van der Waals surface area contributed by atoms with Crippen LogP contribution in [0.15, 0.2) is 41.0 Å². The van der Waals surface area contributed by atoms with Gasteiger partial charge in [0.05, 0.1) is 11.7 Å². The average molecular weight is 355 g/mol. The molecule has 112 valence electrons. The second-order valence-corrected chi connectivity index (χ2v) is 5.73. The molecule has 0 aliphatic rings. The molecule has 0 aliphatic carbocycles. The zero-order valence-corrected chi connectivity index (χ0v) is 13.3. The lowest BCUT2D eigenvalue weighted by Gasteiger charge is -2.19. The molecule has 0 radical (unpaired) electrons. The van der Waals surface area contributed by atoms with E-state index in [9.17, 15) is 8.78 Å². The highest BCUT2D eigenvalue weighted by Gasteiger charge is 2.18. The van der Waals surface area contributed by atoms with Gasteiger partial charge >= 0.3 is 0 Å². The minimum atomic E-state index is -0.518. The summed E-state index contributed by atoms with van der Waals surface area (Å²) in [6.07, 6.45) is 2.85. The van der Waals surface area contributed by atoms with Gasteiger partial charge in [0.1, 0.15) is 11.6 Å². The number of halogens is 3. The van der Waals surface area contributed by atoms with Crippen molar-refractivity contribution in [3.8, 4) is 0 Å². The van der Waals surface area contributed by atoms with Crippen LogP contribution in [0.25, 0.3) is 0 Å². The summed E-state index contributed by atoms with van der Waals surface area (Å²) >= 11 is 3.33. The lowest BCUT2D eigenvalue weighted by Crippen LogP contribution is -2.25. The van der Waals surface area contributed by atoms with Crippen LogP contribution in [0.4, 0.5) is 8.78 Å². The van der Waals surface area contributed by atoms with Crippen molar-refractivity contribution in [2.75, 3.05) is 6.54 Å². The highest BCUT2D eigenvalue weighted by atomic mass is 79.9. The first-order valence-electron chi connectivity index (χ1n) is 6.89. The molecular weight excluding hydrogens is 338 g/mol. The Morgan fingerprint density at radius 2 is 1.90 bits per heavy atom. The Kier molecular flexibility index (Phi) is 5.82. The van der Waals surface area contributed by atoms with Crippen LogP contribution in [0.5, 0.6) is 0 Å². The Hall–Kier alpha value is -1.33. The summed E-state index contributed by atoms with van der Waals surface area (Å²) in [6, 6.07) is 7.45. The normalized spacial score (nSPS) is 12.4. The van der Waals surface area contributed by atoms with E-state index in [1.54, 1.807) is 6.20 Å². The van der Waals surface area contributed by atoms with E-state index in [0.717, 1.165) is 23.1 Å². The first-order valence-corrected chi connectivity index (χ1v) is 7.68. The minimum Gasteiger partial charge on any atom is -0.308 e. The summed E-state index contributed by atoms with van der Waals surface area (Å²) < 4.78 is 28.5. The molecule has 1 aromatic heterocycles. The van der Waals surface area contributed by atoms with E-state index in [0.29, 0.717) is 0 Å². The van der Waals surface area contributed by atoms with Gasteiger partial charge in [-0.25, -0.2) is 8.78 Å². The van der Waals surface area contributed by atoms with Crippen molar-refractivity contribution in [3.63, 3.8) is 0 Å². The van der Waals surface area contributed by atoms with Crippen LogP contribution in [-0.2, 0) is 6.42 Å². The third-order valence-electron chi connectivity index (χ3n) is 3.22. The van der Waals surface area contributed by atoms with Crippen molar-refractivity contribution >= 4 is 15.9 Å². The van der Waals surface area contributed by atoms with E-state index in [1.807, 2.05) is 19.1 Å². The van der Waals surface area contributed by atoms with Crippen LogP contribution in [0.2, 0.25) is 0 Å². The highest BCUT2D eigenvalue weighted by molar-refractivity contribution is 9.10. The molecule has 2 rings (SSSR count). The topological polar surface area (TPSA) is 24.9 Å². The number of nitrogens with zero attached hydrogens (tertiary/aromatic N) is 1. The summed E-state index contributed by atoms with van der Waals surface area (Å²) in [6.45, 7) is 2.81. The van der Waals surface area contributed by atoms with Gasteiger partial charge in [-0.05, 0) is 59.6 Å². The van der Waals surface area contributed by atoms with E-state index >= 15 is 0 Å². The molecule has 2 aromatic rings. The van der Waals surface area contributed by atoms with Gasteiger partial charge in [0.25, 0.3) is 0 Å². The van der Waals surface area contributed by atoms with E-state index in [1.165, 1.54) is 18.2 Å². The first-order chi connectivity index (χ1) is 10.1. The summed E-state index contributed by atoms with van der Waals surface area (Å²) in [5.74, 6) is -1.04. The molecular formula is C16H17BrF2N2. The summed E-state index contributed by atoms with van der Waals surface area (Å²) in [5, 5.41) is 3.30. The van der Waals surface area contributed by atoms with Gasteiger partial charge in [-0.1, -0.05) is 13.0 Å². The van der Waals surface area contributed by atoms with Gasteiger partial charge in [-0.3, -0.25) is 4.98 Å². The van der Waals surface area contributed by atoms with E-state index in [2.05, 4.69) is 26.2 Å². The third-order valence-corrected chi connectivity index (χ3v) is 3.69. The number of hydrogen-bond donors (Lipinski definition) is 1. The van der Waals surface area contributed by atoms with E-state index in [-0.39, 0.29) is 18.0 Å². The molecule has 1 heterocycles. The van der Waals surface area contributed by atoms with Gasteiger partial charge < -0.3 is 5.32 Å². The Labute approximate surface area is 131 Å². The minimum absolute atomic E-state index is 0.0934. The second-order valence-electron chi connectivity index (χ2n) is 4.81. The molecule has 21 heavy (non-hydrogen) atoms. The number of nitrogens with one attached hydrogen (secondary N) is 1. The molecule has 0 amide bonds. The van der Waals surface area contributed by atoms with Crippen LogP contribution in [-0.4, -0.2) is 11.5 Å². The number of hydrogen-bond acceptors (Lipinski definition) is 2. The predicted molar refractivity (Wildman–Crippen MR) is 83.0 cm³/mol. The van der Waals surface area contributed by atoms with Crippen LogP contribution in [0.1, 0.15) is 30.6 Å². The van der Waals surface area contributed by atoms with Crippen molar-refractivity contribution in [1.29, 1.82) is 0 Å². The van der Waals surface area contributed by atoms with Crippen molar-refractivity contribution in [3.05, 3.63) is 63.9 Å². The number of rotatable bonds is 6. The molecule has 0 fully saturated rings. The quantitative estimate of drug-likeness (QED) is 0.831. The van der Waals surface area contributed by atoms with Crippen LogP contribution in [0.3, 0.4) is 0 Å². The standard InChI is InChI=1S/C16H17BrF2N2/c1-2-8-20-16(15-7-6-11(17)10-21-15)9-12-13(18)4-3-5-14(12)19/h3-7,10,16,20H,2,8-9H2,1H3. The molecule has 1 unspecified atom stereocenters. The Bertz CT molecular complexity index is 567. The summed E-state index contributed by atoms with van der Waals surface area (Å²) in [7, 11) is 0. The SMILES string of the molecule is CCCNC(Cc1c(F)cccc1F)c1ccc(Br)cn1. The smallest absolute Gasteiger partial charge is 0.129 e. The van der Waals surface area contributed by atoms with Crippen molar-refractivity contribution in [2.24, 2.45) is 0 Å². The fourth-order valence-electron chi connectivity index (χ4n) is 2.12. The Morgan fingerprint density at radius 1 is 1.19 bits per heavy atom. The largest absolute Gasteiger partial charge is 0.308 e. The van der Waals surface area contributed by atoms with Crippen molar-refractivity contribution < 1.29 is 8.78 Å². The molecule has 0 spiro atoms. The van der Waals surface area contributed by atoms with Gasteiger partial charge in [-0.2, -0.15) is 0 Å². The zero-order chi connectivity index (χ0) is 15.2. The second kappa shape index (κ2) is 7.61. The van der Waals surface area contributed by atoms with Gasteiger partial charge in [0, 0.05) is 16.2 Å². The Balaban J connectivity index is 2.26. The third kappa shape index (κ3) is 4.32. The van der Waals surface area contributed by atoms with Gasteiger partial charge in [-0.15, -0.1) is 0 Å². The molecule has 0 bridgehead atoms.